The average Bonchev–Trinajstić information content (AvgIpc) is 2.58. The van der Waals surface area contributed by atoms with Crippen molar-refractivity contribution in [1.82, 2.24) is 0 Å². The van der Waals surface area contributed by atoms with E-state index in [0.717, 1.165) is 41.0 Å². The first-order valence-corrected chi connectivity index (χ1v) is 8.12. The van der Waals surface area contributed by atoms with E-state index in [-0.39, 0.29) is 6.61 Å². The lowest BCUT2D eigenvalue weighted by Gasteiger charge is -2.36. The maximum absolute atomic E-state index is 9.55. The Kier molecular flexibility index (Phi) is 4.31. The molecule has 0 radical (unpaired) electrons. The predicted molar refractivity (Wildman–Crippen MR) is 91.1 cm³/mol. The fourth-order valence-corrected chi connectivity index (χ4v) is 3.05. The van der Waals surface area contributed by atoms with Crippen LogP contribution in [0.1, 0.15) is 35.6 Å². The molecule has 0 bridgehead atoms. The molecular weight excluding hydrogens is 288 g/mol. The molecule has 1 atom stereocenters. The Bertz CT molecular complexity index is 694. The van der Waals surface area contributed by atoms with Gasteiger partial charge in [0.1, 0.15) is 23.7 Å². The Morgan fingerprint density at radius 3 is 2.65 bits per heavy atom. The van der Waals surface area contributed by atoms with Crippen molar-refractivity contribution in [2.24, 2.45) is 0 Å². The van der Waals surface area contributed by atoms with Gasteiger partial charge in [0.15, 0.2) is 0 Å². The molecule has 0 unspecified atom stereocenters. The van der Waals surface area contributed by atoms with Crippen molar-refractivity contribution in [3.63, 3.8) is 0 Å². The van der Waals surface area contributed by atoms with Crippen LogP contribution in [0.3, 0.4) is 0 Å². The number of rotatable bonds is 4. The fourth-order valence-electron chi connectivity index (χ4n) is 3.05. The maximum atomic E-state index is 9.55. The van der Waals surface area contributed by atoms with Gasteiger partial charge >= 0.3 is 0 Å². The highest BCUT2D eigenvalue weighted by Crippen LogP contribution is 2.41. The van der Waals surface area contributed by atoms with Crippen LogP contribution in [0.2, 0.25) is 0 Å². The molecule has 0 aromatic heterocycles. The Balaban J connectivity index is 1.86. The molecule has 0 fully saturated rings. The molecule has 1 aliphatic heterocycles. The number of benzene rings is 2. The number of aliphatic hydroxyl groups is 1. The third-order valence-corrected chi connectivity index (χ3v) is 4.63. The predicted octanol–water partition coefficient (Wildman–Crippen LogP) is 3.96. The zero-order chi connectivity index (χ0) is 16.4. The molecule has 122 valence electrons. The summed E-state index contributed by atoms with van der Waals surface area (Å²) in [6, 6.07) is 12.2. The number of hydrogen-bond acceptors (Lipinski definition) is 3. The fraction of sp³-hybridized carbons (Fsp3) is 0.400. The van der Waals surface area contributed by atoms with Gasteiger partial charge < -0.3 is 14.6 Å². The van der Waals surface area contributed by atoms with Gasteiger partial charge in [0.05, 0.1) is 6.61 Å². The molecule has 0 amide bonds. The molecule has 23 heavy (non-hydrogen) atoms. The number of aliphatic hydroxyl groups excluding tert-OH is 1. The lowest BCUT2D eigenvalue weighted by molar-refractivity contribution is 0.00723. The van der Waals surface area contributed by atoms with Crippen molar-refractivity contribution in [2.45, 2.75) is 45.8 Å². The second-order valence-corrected chi connectivity index (χ2v) is 6.61. The second-order valence-electron chi connectivity index (χ2n) is 6.61. The van der Waals surface area contributed by atoms with E-state index >= 15 is 0 Å². The molecule has 0 saturated carbocycles. The van der Waals surface area contributed by atoms with Crippen LogP contribution in [0.15, 0.2) is 36.4 Å². The lowest BCUT2D eigenvalue weighted by Crippen LogP contribution is -2.40. The largest absolute Gasteiger partial charge is 0.489 e. The van der Waals surface area contributed by atoms with Crippen LogP contribution in [0.4, 0.5) is 0 Å². The third kappa shape index (κ3) is 3.20. The minimum atomic E-state index is -0.476. The van der Waals surface area contributed by atoms with Gasteiger partial charge in [-0.05, 0) is 56.4 Å². The minimum Gasteiger partial charge on any atom is -0.489 e. The third-order valence-electron chi connectivity index (χ3n) is 4.63. The van der Waals surface area contributed by atoms with E-state index in [4.69, 9.17) is 9.47 Å². The molecular formula is C20H24O3. The van der Waals surface area contributed by atoms with Crippen LogP contribution in [-0.2, 0) is 13.0 Å². The van der Waals surface area contributed by atoms with E-state index in [9.17, 15) is 5.11 Å². The van der Waals surface area contributed by atoms with Gasteiger partial charge in [0.25, 0.3) is 0 Å². The molecule has 2 aromatic carbocycles. The topological polar surface area (TPSA) is 38.7 Å². The van der Waals surface area contributed by atoms with Gasteiger partial charge in [-0.2, -0.15) is 0 Å². The van der Waals surface area contributed by atoms with Gasteiger partial charge in [0, 0.05) is 5.56 Å². The quantitative estimate of drug-likeness (QED) is 0.929. The highest BCUT2D eigenvalue weighted by Gasteiger charge is 2.33. The van der Waals surface area contributed by atoms with E-state index in [1.54, 1.807) is 0 Å². The summed E-state index contributed by atoms with van der Waals surface area (Å²) in [5.74, 6) is 1.83. The lowest BCUT2D eigenvalue weighted by atomic mass is 9.89. The first-order chi connectivity index (χ1) is 11.0. The standard InChI is InChI=1S/C20H24O3/c1-14-11-18(22-12-16-7-5-4-6-8-16)15(2)17-9-10-20(3,13-21)23-19(14)17/h4-8,11,21H,9-10,12-13H2,1-3H3/t20-/m0/s1. The zero-order valence-corrected chi connectivity index (χ0v) is 14.1. The summed E-state index contributed by atoms with van der Waals surface area (Å²) >= 11 is 0. The van der Waals surface area contributed by atoms with Crippen molar-refractivity contribution in [2.75, 3.05) is 6.61 Å². The maximum Gasteiger partial charge on any atom is 0.129 e. The van der Waals surface area contributed by atoms with E-state index < -0.39 is 5.60 Å². The van der Waals surface area contributed by atoms with Crippen molar-refractivity contribution < 1.29 is 14.6 Å². The van der Waals surface area contributed by atoms with Crippen LogP contribution in [-0.4, -0.2) is 17.3 Å². The van der Waals surface area contributed by atoms with E-state index in [1.165, 1.54) is 5.56 Å². The number of aryl methyl sites for hydroxylation is 1. The van der Waals surface area contributed by atoms with Crippen molar-refractivity contribution in [1.29, 1.82) is 0 Å². The second kappa shape index (κ2) is 6.25. The highest BCUT2D eigenvalue weighted by molar-refractivity contribution is 5.54. The molecule has 1 N–H and O–H groups in total. The zero-order valence-electron chi connectivity index (χ0n) is 14.1. The summed E-state index contributed by atoms with van der Waals surface area (Å²) < 4.78 is 12.1. The van der Waals surface area contributed by atoms with Crippen LogP contribution in [0, 0.1) is 13.8 Å². The average molecular weight is 312 g/mol. The van der Waals surface area contributed by atoms with Crippen molar-refractivity contribution in [3.8, 4) is 11.5 Å². The first kappa shape index (κ1) is 15.9. The summed E-state index contributed by atoms with van der Waals surface area (Å²) in [7, 11) is 0. The molecule has 2 aromatic rings. The van der Waals surface area contributed by atoms with Crippen molar-refractivity contribution in [3.05, 3.63) is 58.7 Å². The Labute approximate surface area is 137 Å². The molecule has 3 heteroatoms. The molecule has 0 saturated heterocycles. The van der Waals surface area contributed by atoms with Gasteiger partial charge in [-0.1, -0.05) is 30.3 Å². The molecule has 3 nitrogen and oxygen atoms in total. The number of hydrogen-bond donors (Lipinski definition) is 1. The minimum absolute atomic E-state index is 0.0389. The molecule has 0 aliphatic carbocycles. The molecule has 1 heterocycles. The van der Waals surface area contributed by atoms with Gasteiger partial charge in [0.2, 0.25) is 0 Å². The normalized spacial score (nSPS) is 19.8. The molecule has 3 rings (SSSR count). The summed E-state index contributed by atoms with van der Waals surface area (Å²) in [5, 5.41) is 9.55. The first-order valence-electron chi connectivity index (χ1n) is 8.12. The summed E-state index contributed by atoms with van der Waals surface area (Å²) in [5.41, 5.74) is 4.09. The van der Waals surface area contributed by atoms with Gasteiger partial charge in [-0.3, -0.25) is 0 Å². The molecule has 0 spiro atoms. The Morgan fingerprint density at radius 1 is 1.22 bits per heavy atom. The Morgan fingerprint density at radius 2 is 1.96 bits per heavy atom. The number of ether oxygens (including phenoxy) is 2. The van der Waals surface area contributed by atoms with E-state index in [2.05, 4.69) is 19.1 Å². The van der Waals surface area contributed by atoms with Crippen LogP contribution >= 0.6 is 0 Å². The monoisotopic (exact) mass is 312 g/mol. The van der Waals surface area contributed by atoms with Gasteiger partial charge in [-0.25, -0.2) is 0 Å². The van der Waals surface area contributed by atoms with E-state index in [0.29, 0.717) is 6.61 Å². The van der Waals surface area contributed by atoms with Crippen LogP contribution in [0.25, 0.3) is 0 Å². The van der Waals surface area contributed by atoms with Crippen molar-refractivity contribution >= 4 is 0 Å². The highest BCUT2D eigenvalue weighted by atomic mass is 16.5. The summed E-state index contributed by atoms with van der Waals surface area (Å²) in [6.07, 6.45) is 1.72. The number of fused-ring (bicyclic) bond motifs is 1. The van der Waals surface area contributed by atoms with Crippen LogP contribution < -0.4 is 9.47 Å². The smallest absolute Gasteiger partial charge is 0.129 e. The summed E-state index contributed by atoms with van der Waals surface area (Å²) in [4.78, 5) is 0. The molecule has 1 aliphatic rings. The van der Waals surface area contributed by atoms with Gasteiger partial charge in [-0.15, -0.1) is 0 Å². The Hall–Kier alpha value is -2.00. The summed E-state index contributed by atoms with van der Waals surface area (Å²) in [6.45, 7) is 6.69. The SMILES string of the molecule is Cc1cc(OCc2ccccc2)c(C)c2c1O[C@](C)(CO)CC2. The van der Waals surface area contributed by atoms with Crippen LogP contribution in [0.5, 0.6) is 11.5 Å². The van der Waals surface area contributed by atoms with E-state index in [1.807, 2.05) is 38.1 Å².